The van der Waals surface area contributed by atoms with Crippen molar-refractivity contribution < 1.29 is 18.0 Å². The summed E-state index contributed by atoms with van der Waals surface area (Å²) in [7, 11) is 0. The van der Waals surface area contributed by atoms with E-state index in [-0.39, 0.29) is 16.3 Å². The minimum atomic E-state index is -1.70. The highest BCUT2D eigenvalue weighted by molar-refractivity contribution is 6.04. The average Bonchev–Trinajstić information content (AvgIpc) is 2.16. The van der Waals surface area contributed by atoms with Gasteiger partial charge in [-0.15, -0.1) is 0 Å². The summed E-state index contributed by atoms with van der Waals surface area (Å²) in [6, 6.07) is 3.81. The van der Waals surface area contributed by atoms with Crippen LogP contribution in [0.3, 0.4) is 0 Å². The normalized spacial score (nSPS) is 10.6. The van der Waals surface area contributed by atoms with Crippen molar-refractivity contribution in [2.75, 3.05) is 0 Å². The molecule has 0 aliphatic heterocycles. The predicted molar refractivity (Wildman–Crippen MR) is 49.3 cm³/mol. The molecular weight excluding hydrogens is 205 g/mol. The van der Waals surface area contributed by atoms with Crippen molar-refractivity contribution in [2.24, 2.45) is 0 Å². The molecular formula is C11H5F3O. The lowest BCUT2D eigenvalue weighted by Crippen LogP contribution is -1.94. The first-order valence-electron chi connectivity index (χ1n) is 4.17. The number of rotatable bonds is 1. The summed E-state index contributed by atoms with van der Waals surface area (Å²) in [6.45, 7) is 0. The van der Waals surface area contributed by atoms with Crippen LogP contribution in [0.5, 0.6) is 0 Å². The Morgan fingerprint density at radius 3 is 2.47 bits per heavy atom. The molecule has 76 valence electrons. The van der Waals surface area contributed by atoms with Crippen molar-refractivity contribution in [1.82, 2.24) is 0 Å². The van der Waals surface area contributed by atoms with Gasteiger partial charge in [0.15, 0.2) is 0 Å². The van der Waals surface area contributed by atoms with E-state index in [9.17, 15) is 18.0 Å². The highest BCUT2D eigenvalue weighted by Crippen LogP contribution is 2.23. The maximum absolute atomic E-state index is 13.2. The third-order valence-corrected chi connectivity index (χ3v) is 2.12. The van der Waals surface area contributed by atoms with Crippen molar-refractivity contribution in [3.63, 3.8) is 0 Å². The zero-order chi connectivity index (χ0) is 11.0. The molecule has 0 radical (unpaired) electrons. The lowest BCUT2D eigenvalue weighted by molar-refractivity contribution is 0.0838. The van der Waals surface area contributed by atoms with Gasteiger partial charge >= 0.3 is 6.04 Å². The van der Waals surface area contributed by atoms with Crippen LogP contribution in [0.1, 0.15) is 10.4 Å². The van der Waals surface area contributed by atoms with Crippen LogP contribution in [0.15, 0.2) is 30.3 Å². The highest BCUT2D eigenvalue weighted by Gasteiger charge is 2.12. The van der Waals surface area contributed by atoms with Gasteiger partial charge in [-0.3, -0.25) is 4.79 Å². The third kappa shape index (κ3) is 1.58. The van der Waals surface area contributed by atoms with Crippen molar-refractivity contribution in [3.8, 4) is 0 Å². The van der Waals surface area contributed by atoms with E-state index >= 15 is 0 Å². The third-order valence-electron chi connectivity index (χ3n) is 2.12. The molecule has 0 atom stereocenters. The second-order valence-corrected chi connectivity index (χ2v) is 3.06. The SMILES string of the molecule is O=C(F)c1cccc2c(F)cc(F)cc12. The molecule has 0 bridgehead atoms. The van der Waals surface area contributed by atoms with Crippen LogP contribution in [0.2, 0.25) is 0 Å². The number of carbonyl (C=O) groups is 1. The predicted octanol–water partition coefficient (Wildman–Crippen LogP) is 3.23. The molecule has 2 aromatic carbocycles. The molecule has 0 N–H and O–H groups in total. The van der Waals surface area contributed by atoms with Gasteiger partial charge in [0.2, 0.25) is 0 Å². The Hall–Kier alpha value is -1.84. The smallest absolute Gasteiger partial charge is 0.255 e. The van der Waals surface area contributed by atoms with Crippen molar-refractivity contribution in [3.05, 3.63) is 47.5 Å². The highest BCUT2D eigenvalue weighted by atomic mass is 19.1. The fourth-order valence-electron chi connectivity index (χ4n) is 1.48. The van der Waals surface area contributed by atoms with E-state index in [4.69, 9.17) is 0 Å². The Morgan fingerprint density at radius 2 is 1.80 bits per heavy atom. The van der Waals surface area contributed by atoms with Crippen molar-refractivity contribution in [1.29, 1.82) is 0 Å². The number of fused-ring (bicyclic) bond motifs is 1. The number of halogens is 3. The van der Waals surface area contributed by atoms with Gasteiger partial charge < -0.3 is 0 Å². The van der Waals surface area contributed by atoms with E-state index in [1.54, 1.807) is 0 Å². The molecule has 0 saturated heterocycles. The van der Waals surface area contributed by atoms with Crippen molar-refractivity contribution in [2.45, 2.75) is 0 Å². The molecule has 15 heavy (non-hydrogen) atoms. The number of hydrogen-bond acceptors (Lipinski definition) is 1. The topological polar surface area (TPSA) is 17.1 Å². The van der Waals surface area contributed by atoms with Gasteiger partial charge in [-0.1, -0.05) is 12.1 Å². The maximum Gasteiger partial charge on any atom is 0.332 e. The summed E-state index contributed by atoms with van der Waals surface area (Å²) in [6.07, 6.45) is 0. The van der Waals surface area contributed by atoms with E-state index in [0.29, 0.717) is 6.07 Å². The van der Waals surface area contributed by atoms with Crippen LogP contribution in [-0.4, -0.2) is 6.04 Å². The van der Waals surface area contributed by atoms with Crippen LogP contribution >= 0.6 is 0 Å². The van der Waals surface area contributed by atoms with Gasteiger partial charge in [0, 0.05) is 16.8 Å². The molecule has 0 aromatic heterocycles. The van der Waals surface area contributed by atoms with Gasteiger partial charge in [0.1, 0.15) is 11.6 Å². The van der Waals surface area contributed by atoms with Gasteiger partial charge in [0.05, 0.1) is 5.56 Å². The quantitative estimate of drug-likeness (QED) is 0.660. The minimum absolute atomic E-state index is 0.0277. The second-order valence-electron chi connectivity index (χ2n) is 3.06. The summed E-state index contributed by atoms with van der Waals surface area (Å²) >= 11 is 0. The van der Waals surface area contributed by atoms with Crippen LogP contribution < -0.4 is 0 Å². The van der Waals surface area contributed by atoms with E-state index in [2.05, 4.69) is 0 Å². The van der Waals surface area contributed by atoms with E-state index in [1.807, 2.05) is 0 Å². The summed E-state index contributed by atoms with van der Waals surface area (Å²) in [5.74, 6) is -1.65. The zero-order valence-electron chi connectivity index (χ0n) is 7.43. The molecule has 0 aliphatic carbocycles. The van der Waals surface area contributed by atoms with Crippen LogP contribution in [0, 0.1) is 11.6 Å². The fraction of sp³-hybridized carbons (Fsp3) is 0. The molecule has 4 heteroatoms. The van der Waals surface area contributed by atoms with Gasteiger partial charge in [-0.25, -0.2) is 8.78 Å². The molecule has 0 amide bonds. The molecule has 1 nitrogen and oxygen atoms in total. The molecule has 0 fully saturated rings. The number of benzene rings is 2. The number of hydrogen-bond donors (Lipinski definition) is 0. The first kappa shape index (κ1) is 9.71. The van der Waals surface area contributed by atoms with Crippen LogP contribution in [-0.2, 0) is 0 Å². The molecule has 0 saturated carbocycles. The lowest BCUT2D eigenvalue weighted by Gasteiger charge is -2.02. The Labute approximate surface area is 83.1 Å². The summed E-state index contributed by atoms with van der Waals surface area (Å²) in [4.78, 5) is 10.6. The zero-order valence-corrected chi connectivity index (χ0v) is 7.43. The Kier molecular flexibility index (Phi) is 2.19. The van der Waals surface area contributed by atoms with Crippen LogP contribution in [0.4, 0.5) is 13.2 Å². The first-order chi connectivity index (χ1) is 7.09. The van der Waals surface area contributed by atoms with Gasteiger partial charge in [-0.2, -0.15) is 4.39 Å². The van der Waals surface area contributed by atoms with E-state index in [0.717, 1.165) is 6.07 Å². The maximum atomic E-state index is 13.2. The van der Waals surface area contributed by atoms with Crippen LogP contribution in [0.25, 0.3) is 10.8 Å². The monoisotopic (exact) mass is 210 g/mol. The number of carbonyl (C=O) groups excluding carboxylic acids is 1. The van der Waals surface area contributed by atoms with E-state index in [1.165, 1.54) is 18.2 Å². The largest absolute Gasteiger partial charge is 0.332 e. The molecule has 0 heterocycles. The molecule has 2 rings (SSSR count). The molecule has 2 aromatic rings. The lowest BCUT2D eigenvalue weighted by atomic mass is 10.0. The second kappa shape index (κ2) is 3.38. The average molecular weight is 210 g/mol. The first-order valence-corrected chi connectivity index (χ1v) is 4.17. The Bertz CT molecular complexity index is 549. The van der Waals surface area contributed by atoms with Crippen molar-refractivity contribution >= 4 is 16.8 Å². The standard InChI is InChI=1S/C11H5F3O/c12-6-4-9-7(10(13)5-6)2-1-3-8(9)11(14)15/h1-5H. The summed E-state index contributed by atoms with van der Waals surface area (Å²) in [5.41, 5.74) is -0.328. The van der Waals surface area contributed by atoms with E-state index < -0.39 is 17.7 Å². The minimum Gasteiger partial charge on any atom is -0.255 e. The Balaban J connectivity index is 2.91. The Morgan fingerprint density at radius 1 is 1.07 bits per heavy atom. The van der Waals surface area contributed by atoms with Gasteiger partial charge in [0.25, 0.3) is 0 Å². The molecule has 0 aliphatic rings. The summed E-state index contributed by atoms with van der Waals surface area (Å²) in [5, 5.41) is -0.0256. The fourth-order valence-corrected chi connectivity index (χ4v) is 1.48. The molecule has 0 unspecified atom stereocenters. The summed E-state index contributed by atoms with van der Waals surface area (Å²) < 4.78 is 38.6. The van der Waals surface area contributed by atoms with Gasteiger partial charge in [-0.05, 0) is 12.1 Å². The molecule has 0 spiro atoms.